The van der Waals surface area contributed by atoms with Gasteiger partial charge in [-0.15, -0.1) is 0 Å². The summed E-state index contributed by atoms with van der Waals surface area (Å²) in [7, 11) is 0. The van der Waals surface area contributed by atoms with Crippen molar-refractivity contribution < 1.29 is 19.1 Å². The van der Waals surface area contributed by atoms with Crippen LogP contribution in [0.5, 0.6) is 5.75 Å². The molecule has 0 N–H and O–H groups in total. The van der Waals surface area contributed by atoms with Crippen molar-refractivity contribution in [2.45, 2.75) is 71.8 Å². The zero-order valence-corrected chi connectivity index (χ0v) is 18.7. The standard InChI is InChI=1S/C25H32N2O4/c1-4-6-7-8-9-10-24(29)31-22-17-26-25(27-18-22)21-15-13-20(14-16-21)12-11-19(3)30-23(28)5-2/h4,6,13-19H,5,7-12H2,1-3H3/b6-4+. The normalized spacial score (nSPS) is 12.0. The zero-order valence-electron chi connectivity index (χ0n) is 18.7. The summed E-state index contributed by atoms with van der Waals surface area (Å²) < 4.78 is 10.6. The lowest BCUT2D eigenvalue weighted by Gasteiger charge is -2.12. The fraction of sp³-hybridized carbons (Fsp3) is 0.440. The number of allylic oxidation sites excluding steroid dienone is 2. The van der Waals surface area contributed by atoms with Gasteiger partial charge in [-0.3, -0.25) is 9.59 Å². The summed E-state index contributed by atoms with van der Waals surface area (Å²) in [5.74, 6) is 0.496. The number of aromatic nitrogens is 2. The van der Waals surface area contributed by atoms with Crippen molar-refractivity contribution in [3.05, 3.63) is 54.4 Å². The third-order valence-electron chi connectivity index (χ3n) is 4.77. The lowest BCUT2D eigenvalue weighted by atomic mass is 10.1. The van der Waals surface area contributed by atoms with Crippen LogP contribution >= 0.6 is 0 Å². The molecule has 2 rings (SSSR count). The molecular weight excluding hydrogens is 392 g/mol. The van der Waals surface area contributed by atoms with E-state index in [9.17, 15) is 9.59 Å². The molecule has 1 heterocycles. The molecule has 31 heavy (non-hydrogen) atoms. The predicted octanol–water partition coefficient (Wildman–Crippen LogP) is 5.46. The average molecular weight is 425 g/mol. The van der Waals surface area contributed by atoms with Crippen LogP contribution in [0.1, 0.15) is 64.9 Å². The number of hydrogen-bond acceptors (Lipinski definition) is 6. The minimum Gasteiger partial charge on any atom is -0.463 e. The Balaban J connectivity index is 1.81. The third-order valence-corrected chi connectivity index (χ3v) is 4.77. The van der Waals surface area contributed by atoms with Crippen LogP contribution in [0, 0.1) is 0 Å². The molecule has 0 fully saturated rings. The minimum atomic E-state index is -0.264. The van der Waals surface area contributed by atoms with Crippen LogP contribution in [-0.2, 0) is 20.7 Å². The van der Waals surface area contributed by atoms with Crippen LogP contribution in [-0.4, -0.2) is 28.0 Å². The van der Waals surface area contributed by atoms with Crippen LogP contribution < -0.4 is 4.74 Å². The van der Waals surface area contributed by atoms with E-state index in [0.29, 0.717) is 24.4 Å². The van der Waals surface area contributed by atoms with E-state index in [1.807, 2.05) is 44.2 Å². The fourth-order valence-electron chi connectivity index (χ4n) is 2.96. The van der Waals surface area contributed by atoms with Crippen LogP contribution in [0.3, 0.4) is 0 Å². The molecule has 0 aliphatic carbocycles. The van der Waals surface area contributed by atoms with Crippen molar-refractivity contribution in [2.24, 2.45) is 0 Å². The molecule has 0 radical (unpaired) electrons. The SMILES string of the molecule is C/C=C/CCCCC(=O)Oc1cnc(-c2ccc(CCC(C)OC(=O)CC)cc2)nc1. The van der Waals surface area contributed by atoms with E-state index in [4.69, 9.17) is 9.47 Å². The second-order valence-electron chi connectivity index (χ2n) is 7.42. The van der Waals surface area contributed by atoms with E-state index in [2.05, 4.69) is 16.0 Å². The van der Waals surface area contributed by atoms with Gasteiger partial charge in [0.15, 0.2) is 11.6 Å². The molecule has 0 amide bonds. The highest BCUT2D eigenvalue weighted by atomic mass is 16.5. The highest BCUT2D eigenvalue weighted by molar-refractivity contribution is 5.72. The van der Waals surface area contributed by atoms with E-state index >= 15 is 0 Å². The highest BCUT2D eigenvalue weighted by Gasteiger charge is 2.09. The van der Waals surface area contributed by atoms with Gasteiger partial charge in [0.05, 0.1) is 18.5 Å². The van der Waals surface area contributed by atoms with Gasteiger partial charge in [0.1, 0.15) is 0 Å². The molecule has 6 heteroatoms. The van der Waals surface area contributed by atoms with Gasteiger partial charge in [0.25, 0.3) is 0 Å². The first-order valence-corrected chi connectivity index (χ1v) is 10.9. The number of ether oxygens (including phenoxy) is 2. The predicted molar refractivity (Wildman–Crippen MR) is 121 cm³/mol. The summed E-state index contributed by atoms with van der Waals surface area (Å²) in [5, 5.41) is 0. The summed E-state index contributed by atoms with van der Waals surface area (Å²) in [6, 6.07) is 7.97. The largest absolute Gasteiger partial charge is 0.463 e. The first kappa shape index (κ1) is 24.3. The lowest BCUT2D eigenvalue weighted by Crippen LogP contribution is -2.14. The molecule has 0 aliphatic rings. The topological polar surface area (TPSA) is 78.4 Å². The monoisotopic (exact) mass is 424 g/mol. The molecule has 1 aromatic heterocycles. The maximum atomic E-state index is 11.9. The van der Waals surface area contributed by atoms with E-state index < -0.39 is 0 Å². The van der Waals surface area contributed by atoms with Crippen LogP contribution in [0.2, 0.25) is 0 Å². The fourth-order valence-corrected chi connectivity index (χ4v) is 2.96. The number of benzene rings is 1. The van der Waals surface area contributed by atoms with Crippen LogP contribution in [0.25, 0.3) is 11.4 Å². The maximum Gasteiger partial charge on any atom is 0.311 e. The summed E-state index contributed by atoms with van der Waals surface area (Å²) in [4.78, 5) is 31.9. The number of carbonyl (C=O) groups is 2. The minimum absolute atomic E-state index is 0.0982. The van der Waals surface area contributed by atoms with E-state index in [-0.39, 0.29) is 18.0 Å². The van der Waals surface area contributed by atoms with Crippen molar-refractivity contribution in [2.75, 3.05) is 0 Å². The molecule has 0 spiro atoms. The Hall–Kier alpha value is -3.02. The second kappa shape index (κ2) is 13.3. The molecule has 2 aromatic rings. The van der Waals surface area contributed by atoms with Crippen molar-refractivity contribution >= 4 is 11.9 Å². The van der Waals surface area contributed by atoms with Gasteiger partial charge in [0.2, 0.25) is 0 Å². The first-order chi connectivity index (χ1) is 15.0. The molecule has 1 unspecified atom stereocenters. The molecule has 1 atom stereocenters. The Kier molecular flexibility index (Phi) is 10.4. The Morgan fingerprint density at radius 2 is 1.77 bits per heavy atom. The number of hydrogen-bond donors (Lipinski definition) is 0. The molecule has 0 bridgehead atoms. The van der Waals surface area contributed by atoms with Gasteiger partial charge in [0, 0.05) is 18.4 Å². The van der Waals surface area contributed by atoms with E-state index in [0.717, 1.165) is 43.2 Å². The summed E-state index contributed by atoms with van der Waals surface area (Å²) >= 11 is 0. The van der Waals surface area contributed by atoms with Gasteiger partial charge in [-0.25, -0.2) is 9.97 Å². The summed E-state index contributed by atoms with van der Waals surface area (Å²) in [6.07, 6.45) is 12.2. The highest BCUT2D eigenvalue weighted by Crippen LogP contribution is 2.19. The maximum absolute atomic E-state index is 11.9. The molecule has 166 valence electrons. The Morgan fingerprint density at radius 1 is 1.06 bits per heavy atom. The van der Waals surface area contributed by atoms with Gasteiger partial charge in [-0.05, 0) is 51.5 Å². The first-order valence-electron chi connectivity index (χ1n) is 10.9. The number of aryl methyl sites for hydroxylation is 1. The molecule has 0 saturated heterocycles. The van der Waals surface area contributed by atoms with Crippen molar-refractivity contribution in [1.29, 1.82) is 0 Å². The number of esters is 2. The van der Waals surface area contributed by atoms with Crippen molar-refractivity contribution in [1.82, 2.24) is 9.97 Å². The lowest BCUT2D eigenvalue weighted by molar-refractivity contribution is -0.148. The molecule has 1 aromatic carbocycles. The molecule has 0 aliphatic heterocycles. The van der Waals surface area contributed by atoms with Crippen LogP contribution in [0.15, 0.2) is 48.8 Å². The quantitative estimate of drug-likeness (QED) is 0.256. The van der Waals surface area contributed by atoms with Crippen molar-refractivity contribution in [3.8, 4) is 17.1 Å². The molecule has 0 saturated carbocycles. The Bertz CT molecular complexity index is 845. The smallest absolute Gasteiger partial charge is 0.311 e. The van der Waals surface area contributed by atoms with Gasteiger partial charge >= 0.3 is 11.9 Å². The summed E-state index contributed by atoms with van der Waals surface area (Å²) in [6.45, 7) is 5.69. The number of nitrogens with zero attached hydrogens (tertiary/aromatic N) is 2. The molecular formula is C25H32N2O4. The number of unbranched alkanes of at least 4 members (excludes halogenated alkanes) is 2. The van der Waals surface area contributed by atoms with Gasteiger partial charge in [-0.1, -0.05) is 43.3 Å². The number of rotatable bonds is 12. The summed E-state index contributed by atoms with van der Waals surface area (Å²) in [5.41, 5.74) is 2.04. The Labute approximate surface area is 184 Å². The number of carbonyl (C=O) groups excluding carboxylic acids is 2. The zero-order chi connectivity index (χ0) is 22.5. The molecule has 6 nitrogen and oxygen atoms in total. The van der Waals surface area contributed by atoms with Gasteiger partial charge < -0.3 is 9.47 Å². The van der Waals surface area contributed by atoms with E-state index in [1.54, 1.807) is 6.92 Å². The van der Waals surface area contributed by atoms with E-state index in [1.165, 1.54) is 12.4 Å². The second-order valence-corrected chi connectivity index (χ2v) is 7.42. The third kappa shape index (κ3) is 9.11. The average Bonchev–Trinajstić information content (AvgIpc) is 2.78. The van der Waals surface area contributed by atoms with Crippen LogP contribution in [0.4, 0.5) is 0 Å². The Morgan fingerprint density at radius 3 is 2.42 bits per heavy atom. The van der Waals surface area contributed by atoms with Crippen molar-refractivity contribution in [3.63, 3.8) is 0 Å². The van der Waals surface area contributed by atoms with Gasteiger partial charge in [-0.2, -0.15) is 0 Å².